The van der Waals surface area contributed by atoms with Gasteiger partial charge in [0.25, 0.3) is 0 Å². The summed E-state index contributed by atoms with van der Waals surface area (Å²) in [4.78, 5) is 26.3. The number of aryl methyl sites for hydroxylation is 1. The van der Waals surface area contributed by atoms with Crippen LogP contribution in [0, 0.1) is 12.3 Å². The largest absolute Gasteiger partial charge is 0.444 e. The van der Waals surface area contributed by atoms with E-state index in [0.29, 0.717) is 18.7 Å². The molecule has 0 saturated carbocycles. The highest BCUT2D eigenvalue weighted by Gasteiger charge is 2.46. The zero-order valence-electron chi connectivity index (χ0n) is 14.8. The van der Waals surface area contributed by atoms with E-state index in [2.05, 4.69) is 5.32 Å². The summed E-state index contributed by atoms with van der Waals surface area (Å²) in [6.45, 7) is 7.58. The van der Waals surface area contributed by atoms with Crippen LogP contribution in [0.5, 0.6) is 0 Å². The minimum absolute atomic E-state index is 0.149. The zero-order chi connectivity index (χ0) is 18.0. The first-order chi connectivity index (χ1) is 11.1. The fourth-order valence-electron chi connectivity index (χ4n) is 2.64. The maximum Gasteiger partial charge on any atom is 0.410 e. The number of hydrogen-bond acceptors (Lipinski definition) is 4. The van der Waals surface area contributed by atoms with E-state index in [4.69, 9.17) is 4.74 Å². The minimum atomic E-state index is -0.998. The number of anilines is 1. The van der Waals surface area contributed by atoms with Crippen molar-refractivity contribution in [3.63, 3.8) is 0 Å². The van der Waals surface area contributed by atoms with Crippen molar-refractivity contribution in [1.82, 2.24) is 4.90 Å². The second-order valence-electron chi connectivity index (χ2n) is 7.41. The van der Waals surface area contributed by atoms with Gasteiger partial charge in [0, 0.05) is 18.8 Å². The molecule has 0 radical (unpaired) electrons. The molecule has 1 atom stereocenters. The molecule has 0 aromatic heterocycles. The Hall–Kier alpha value is -2.08. The number of carbonyl (C=O) groups is 2. The van der Waals surface area contributed by atoms with Gasteiger partial charge in [-0.1, -0.05) is 17.7 Å². The van der Waals surface area contributed by atoms with Crippen molar-refractivity contribution in [1.29, 1.82) is 0 Å². The van der Waals surface area contributed by atoms with E-state index in [1.165, 1.54) is 4.90 Å². The third-order valence-corrected chi connectivity index (χ3v) is 4.10. The number of likely N-dealkylation sites (tertiary alicyclic amines) is 1. The Bertz CT molecular complexity index is 606. The second kappa shape index (κ2) is 6.81. The summed E-state index contributed by atoms with van der Waals surface area (Å²) in [6, 6.07) is 7.45. The Labute approximate surface area is 142 Å². The van der Waals surface area contributed by atoms with Crippen LogP contribution in [-0.4, -0.2) is 47.3 Å². The first-order valence-corrected chi connectivity index (χ1v) is 8.12. The van der Waals surface area contributed by atoms with Gasteiger partial charge in [-0.25, -0.2) is 4.79 Å². The molecule has 0 aliphatic carbocycles. The van der Waals surface area contributed by atoms with Gasteiger partial charge in [0.2, 0.25) is 5.91 Å². The molecule has 1 unspecified atom stereocenters. The van der Waals surface area contributed by atoms with E-state index in [-0.39, 0.29) is 19.1 Å². The Morgan fingerprint density at radius 3 is 2.46 bits per heavy atom. The number of aliphatic hydroxyl groups is 1. The standard InChI is InChI=1S/C18H26N2O4/c1-13-5-7-14(8-6-13)19-15(22)18(12-21)9-10-20(11-18)16(23)24-17(2,3)4/h5-8,21H,9-12H2,1-4H3,(H,19,22). The van der Waals surface area contributed by atoms with Gasteiger partial charge >= 0.3 is 6.09 Å². The zero-order valence-corrected chi connectivity index (χ0v) is 14.8. The molecule has 1 aromatic carbocycles. The molecule has 0 spiro atoms. The summed E-state index contributed by atoms with van der Waals surface area (Å²) in [6.07, 6.45) is -0.0542. The molecule has 1 aliphatic rings. The summed E-state index contributed by atoms with van der Waals surface area (Å²) in [5.74, 6) is -0.278. The first-order valence-electron chi connectivity index (χ1n) is 8.12. The normalized spacial score (nSPS) is 20.8. The minimum Gasteiger partial charge on any atom is -0.444 e. The molecule has 0 bridgehead atoms. The molecule has 6 nitrogen and oxygen atoms in total. The number of nitrogens with zero attached hydrogens (tertiary/aromatic N) is 1. The van der Waals surface area contributed by atoms with Crippen LogP contribution in [0.25, 0.3) is 0 Å². The number of hydrogen-bond donors (Lipinski definition) is 2. The van der Waals surface area contributed by atoms with Gasteiger partial charge in [0.05, 0.1) is 12.0 Å². The number of benzene rings is 1. The lowest BCUT2D eigenvalue weighted by Crippen LogP contribution is -2.43. The fraction of sp³-hybridized carbons (Fsp3) is 0.556. The maximum atomic E-state index is 12.7. The van der Waals surface area contributed by atoms with Crippen LogP contribution in [0.3, 0.4) is 0 Å². The van der Waals surface area contributed by atoms with E-state index in [1.807, 2.05) is 31.2 Å². The molecule has 24 heavy (non-hydrogen) atoms. The van der Waals surface area contributed by atoms with E-state index in [1.54, 1.807) is 20.8 Å². The van der Waals surface area contributed by atoms with Gasteiger partial charge in [-0.05, 0) is 46.2 Å². The Morgan fingerprint density at radius 2 is 1.92 bits per heavy atom. The van der Waals surface area contributed by atoms with Gasteiger partial charge in [-0.15, -0.1) is 0 Å². The van der Waals surface area contributed by atoms with E-state index >= 15 is 0 Å². The number of aliphatic hydroxyl groups excluding tert-OH is 1. The lowest BCUT2D eigenvalue weighted by Gasteiger charge is -2.27. The SMILES string of the molecule is Cc1ccc(NC(=O)C2(CO)CCN(C(=O)OC(C)(C)C)C2)cc1. The highest BCUT2D eigenvalue weighted by molar-refractivity contribution is 5.96. The third-order valence-electron chi connectivity index (χ3n) is 4.10. The monoisotopic (exact) mass is 334 g/mol. The van der Waals surface area contributed by atoms with E-state index in [0.717, 1.165) is 5.56 Å². The molecule has 2 amide bonds. The van der Waals surface area contributed by atoms with Crippen molar-refractivity contribution in [2.24, 2.45) is 5.41 Å². The highest BCUT2D eigenvalue weighted by Crippen LogP contribution is 2.32. The van der Waals surface area contributed by atoms with Crippen molar-refractivity contribution >= 4 is 17.7 Å². The van der Waals surface area contributed by atoms with Crippen molar-refractivity contribution < 1.29 is 19.4 Å². The molecule has 2 rings (SSSR count). The molecule has 1 fully saturated rings. The van der Waals surface area contributed by atoms with E-state index < -0.39 is 17.1 Å². The number of nitrogens with one attached hydrogen (secondary N) is 1. The molecule has 2 N–H and O–H groups in total. The Morgan fingerprint density at radius 1 is 1.29 bits per heavy atom. The predicted molar refractivity (Wildman–Crippen MR) is 91.8 cm³/mol. The Balaban J connectivity index is 2.05. The fourth-order valence-corrected chi connectivity index (χ4v) is 2.64. The molecular formula is C18H26N2O4. The van der Waals surface area contributed by atoms with Gasteiger partial charge < -0.3 is 20.1 Å². The predicted octanol–water partition coefficient (Wildman–Crippen LogP) is 2.55. The average molecular weight is 334 g/mol. The summed E-state index contributed by atoms with van der Waals surface area (Å²) in [5, 5.41) is 12.6. The van der Waals surface area contributed by atoms with Crippen LogP contribution in [0.15, 0.2) is 24.3 Å². The van der Waals surface area contributed by atoms with E-state index in [9.17, 15) is 14.7 Å². The van der Waals surface area contributed by atoms with Gasteiger partial charge in [0.1, 0.15) is 5.60 Å². The third kappa shape index (κ3) is 4.26. The van der Waals surface area contributed by atoms with Gasteiger partial charge in [-0.3, -0.25) is 4.79 Å². The van der Waals surface area contributed by atoms with Crippen molar-refractivity contribution in [3.8, 4) is 0 Å². The van der Waals surface area contributed by atoms with Crippen molar-refractivity contribution in [2.45, 2.75) is 39.7 Å². The summed E-state index contributed by atoms with van der Waals surface area (Å²) >= 11 is 0. The quantitative estimate of drug-likeness (QED) is 0.890. The molecule has 1 aliphatic heterocycles. The van der Waals surface area contributed by atoms with Gasteiger partial charge in [0.15, 0.2) is 0 Å². The van der Waals surface area contributed by atoms with Crippen molar-refractivity contribution in [2.75, 3.05) is 25.0 Å². The van der Waals surface area contributed by atoms with Crippen LogP contribution < -0.4 is 5.32 Å². The van der Waals surface area contributed by atoms with Crippen LogP contribution in [0.4, 0.5) is 10.5 Å². The van der Waals surface area contributed by atoms with Crippen molar-refractivity contribution in [3.05, 3.63) is 29.8 Å². The van der Waals surface area contributed by atoms with Crippen LogP contribution in [0.1, 0.15) is 32.8 Å². The second-order valence-corrected chi connectivity index (χ2v) is 7.41. The van der Waals surface area contributed by atoms with Crippen LogP contribution in [0.2, 0.25) is 0 Å². The average Bonchev–Trinajstić information content (AvgIpc) is 2.94. The summed E-state index contributed by atoms with van der Waals surface area (Å²) < 4.78 is 5.34. The number of carbonyl (C=O) groups excluding carboxylic acids is 2. The van der Waals surface area contributed by atoms with Gasteiger partial charge in [-0.2, -0.15) is 0 Å². The molecular weight excluding hydrogens is 308 g/mol. The molecule has 1 aromatic rings. The number of ether oxygens (including phenoxy) is 1. The molecule has 1 heterocycles. The summed E-state index contributed by atoms with van der Waals surface area (Å²) in [5.41, 5.74) is 0.184. The lowest BCUT2D eigenvalue weighted by atomic mass is 9.87. The Kier molecular flexibility index (Phi) is 5.18. The highest BCUT2D eigenvalue weighted by atomic mass is 16.6. The number of rotatable bonds is 3. The first kappa shape index (κ1) is 18.3. The molecule has 1 saturated heterocycles. The smallest absolute Gasteiger partial charge is 0.410 e. The topological polar surface area (TPSA) is 78.9 Å². The maximum absolute atomic E-state index is 12.7. The number of amides is 2. The molecule has 132 valence electrons. The van der Waals surface area contributed by atoms with Crippen LogP contribution >= 0.6 is 0 Å². The van der Waals surface area contributed by atoms with Crippen LogP contribution in [-0.2, 0) is 9.53 Å². The molecule has 6 heteroatoms. The lowest BCUT2D eigenvalue weighted by molar-refractivity contribution is -0.127. The summed E-state index contributed by atoms with van der Waals surface area (Å²) in [7, 11) is 0.